The molecular weight excluding hydrogens is 252 g/mol. The standard InChI is InChI=1S/C16H30N2O2/c1-4-7-13-16(19)18(15(17-13)8-5-2)11-12-9-10-20-14(12)6-3/h12-15,17H,4-11H2,1-3H3. The molecule has 0 aromatic carbocycles. The van der Waals surface area contributed by atoms with Crippen molar-refractivity contribution in [2.75, 3.05) is 13.2 Å². The van der Waals surface area contributed by atoms with Crippen LogP contribution < -0.4 is 5.32 Å². The molecule has 0 aromatic heterocycles. The van der Waals surface area contributed by atoms with Gasteiger partial charge in [-0.05, 0) is 25.7 Å². The average molecular weight is 282 g/mol. The van der Waals surface area contributed by atoms with Crippen LogP contribution in [0, 0.1) is 5.92 Å². The van der Waals surface area contributed by atoms with E-state index in [1.165, 1.54) is 0 Å². The SMILES string of the molecule is CCCC1NC(CCC)N(CC2CCOC2CC)C1=O. The van der Waals surface area contributed by atoms with Gasteiger partial charge in [-0.2, -0.15) is 0 Å². The first-order valence-corrected chi connectivity index (χ1v) is 8.39. The summed E-state index contributed by atoms with van der Waals surface area (Å²) < 4.78 is 5.77. The monoisotopic (exact) mass is 282 g/mol. The second-order valence-electron chi connectivity index (χ2n) is 6.17. The van der Waals surface area contributed by atoms with Gasteiger partial charge < -0.3 is 9.64 Å². The molecule has 0 saturated carbocycles. The highest BCUT2D eigenvalue weighted by atomic mass is 16.5. The molecule has 2 saturated heterocycles. The molecular formula is C16H30N2O2. The Labute approximate surface area is 123 Å². The summed E-state index contributed by atoms with van der Waals surface area (Å²) >= 11 is 0. The highest BCUT2D eigenvalue weighted by Crippen LogP contribution is 2.27. The molecule has 4 unspecified atom stereocenters. The van der Waals surface area contributed by atoms with E-state index in [2.05, 4.69) is 31.0 Å². The zero-order valence-corrected chi connectivity index (χ0v) is 13.2. The van der Waals surface area contributed by atoms with Crippen molar-refractivity contribution in [2.24, 2.45) is 5.92 Å². The van der Waals surface area contributed by atoms with Gasteiger partial charge in [0, 0.05) is 19.1 Å². The van der Waals surface area contributed by atoms with Crippen molar-refractivity contribution in [3.05, 3.63) is 0 Å². The van der Waals surface area contributed by atoms with Gasteiger partial charge in [0.1, 0.15) is 0 Å². The van der Waals surface area contributed by atoms with E-state index in [1.54, 1.807) is 0 Å². The van der Waals surface area contributed by atoms with Crippen LogP contribution >= 0.6 is 0 Å². The van der Waals surface area contributed by atoms with Crippen molar-refractivity contribution in [3.8, 4) is 0 Å². The highest BCUT2D eigenvalue weighted by Gasteiger charge is 2.40. The second-order valence-corrected chi connectivity index (χ2v) is 6.17. The van der Waals surface area contributed by atoms with Crippen molar-refractivity contribution in [1.29, 1.82) is 0 Å². The third-order valence-electron chi connectivity index (χ3n) is 4.67. The first kappa shape index (κ1) is 15.8. The minimum atomic E-state index is 0.0407. The van der Waals surface area contributed by atoms with E-state index in [0.717, 1.165) is 51.7 Å². The van der Waals surface area contributed by atoms with Crippen molar-refractivity contribution < 1.29 is 9.53 Å². The lowest BCUT2D eigenvalue weighted by Gasteiger charge is -2.28. The maximum absolute atomic E-state index is 12.6. The lowest BCUT2D eigenvalue weighted by Crippen LogP contribution is -2.41. The molecule has 4 nitrogen and oxygen atoms in total. The van der Waals surface area contributed by atoms with Gasteiger partial charge in [0.15, 0.2) is 0 Å². The van der Waals surface area contributed by atoms with Gasteiger partial charge in [-0.1, -0.05) is 33.6 Å². The molecule has 2 aliphatic rings. The topological polar surface area (TPSA) is 41.6 Å². The molecule has 1 N–H and O–H groups in total. The van der Waals surface area contributed by atoms with Crippen LogP contribution in [-0.4, -0.2) is 42.3 Å². The summed E-state index contributed by atoms with van der Waals surface area (Å²) in [5.41, 5.74) is 0. The molecule has 2 aliphatic heterocycles. The van der Waals surface area contributed by atoms with Crippen LogP contribution in [-0.2, 0) is 9.53 Å². The number of nitrogens with one attached hydrogen (secondary N) is 1. The maximum atomic E-state index is 12.6. The Morgan fingerprint density at radius 1 is 1.25 bits per heavy atom. The number of rotatable bonds is 7. The number of nitrogens with zero attached hydrogens (tertiary/aromatic N) is 1. The predicted octanol–water partition coefficient (Wildman–Crippen LogP) is 2.53. The number of hydrogen-bond donors (Lipinski definition) is 1. The summed E-state index contributed by atoms with van der Waals surface area (Å²) in [5, 5.41) is 3.54. The third kappa shape index (κ3) is 3.34. The van der Waals surface area contributed by atoms with Crippen molar-refractivity contribution in [1.82, 2.24) is 10.2 Å². The lowest BCUT2D eigenvalue weighted by atomic mass is 9.98. The van der Waals surface area contributed by atoms with Crippen molar-refractivity contribution >= 4 is 5.91 Å². The Bertz CT molecular complexity index is 322. The zero-order valence-electron chi connectivity index (χ0n) is 13.2. The minimum absolute atomic E-state index is 0.0407. The summed E-state index contributed by atoms with van der Waals surface area (Å²) in [7, 11) is 0. The van der Waals surface area contributed by atoms with Crippen LogP contribution in [0.25, 0.3) is 0 Å². The van der Waals surface area contributed by atoms with Crippen LogP contribution in [0.1, 0.15) is 59.3 Å². The number of ether oxygens (including phenoxy) is 1. The fraction of sp³-hybridized carbons (Fsp3) is 0.938. The van der Waals surface area contributed by atoms with Gasteiger partial charge in [0.2, 0.25) is 5.91 Å². The van der Waals surface area contributed by atoms with E-state index < -0.39 is 0 Å². The first-order chi connectivity index (χ1) is 9.71. The van der Waals surface area contributed by atoms with Crippen LogP contribution in [0.2, 0.25) is 0 Å². The number of carbonyl (C=O) groups excluding carboxylic acids is 1. The molecule has 0 bridgehead atoms. The molecule has 0 aromatic rings. The Hall–Kier alpha value is -0.610. The Morgan fingerprint density at radius 2 is 2.00 bits per heavy atom. The van der Waals surface area contributed by atoms with E-state index in [-0.39, 0.29) is 12.2 Å². The summed E-state index contributed by atoms with van der Waals surface area (Å²) in [5.74, 6) is 0.831. The van der Waals surface area contributed by atoms with Crippen molar-refractivity contribution in [3.63, 3.8) is 0 Å². The van der Waals surface area contributed by atoms with Gasteiger partial charge >= 0.3 is 0 Å². The fourth-order valence-corrected chi connectivity index (χ4v) is 3.58. The van der Waals surface area contributed by atoms with Crippen LogP contribution in [0.4, 0.5) is 0 Å². The van der Waals surface area contributed by atoms with Gasteiger partial charge in [0.25, 0.3) is 0 Å². The number of carbonyl (C=O) groups is 1. The summed E-state index contributed by atoms with van der Waals surface area (Å²) in [6.45, 7) is 8.23. The third-order valence-corrected chi connectivity index (χ3v) is 4.67. The fourth-order valence-electron chi connectivity index (χ4n) is 3.58. The Morgan fingerprint density at radius 3 is 2.65 bits per heavy atom. The first-order valence-electron chi connectivity index (χ1n) is 8.39. The van der Waals surface area contributed by atoms with Crippen LogP contribution in [0.15, 0.2) is 0 Å². The van der Waals surface area contributed by atoms with E-state index in [0.29, 0.717) is 17.9 Å². The molecule has 0 aliphatic carbocycles. The molecule has 2 heterocycles. The smallest absolute Gasteiger partial charge is 0.241 e. The molecule has 20 heavy (non-hydrogen) atoms. The van der Waals surface area contributed by atoms with Gasteiger partial charge in [-0.25, -0.2) is 0 Å². The normalized spacial score (nSPS) is 34.1. The molecule has 4 atom stereocenters. The van der Waals surface area contributed by atoms with E-state index in [9.17, 15) is 4.79 Å². The van der Waals surface area contributed by atoms with Crippen molar-refractivity contribution in [2.45, 2.75) is 77.6 Å². The summed E-state index contributed by atoms with van der Waals surface area (Å²) in [4.78, 5) is 14.7. The summed E-state index contributed by atoms with van der Waals surface area (Å²) in [6, 6.07) is 0.0407. The van der Waals surface area contributed by atoms with Gasteiger partial charge in [-0.15, -0.1) is 0 Å². The average Bonchev–Trinajstić information content (AvgIpc) is 3.00. The van der Waals surface area contributed by atoms with Crippen LogP contribution in [0.3, 0.4) is 0 Å². The molecule has 2 fully saturated rings. The largest absolute Gasteiger partial charge is 0.378 e. The van der Waals surface area contributed by atoms with E-state index >= 15 is 0 Å². The molecule has 1 amide bonds. The second kappa shape index (κ2) is 7.41. The predicted molar refractivity (Wildman–Crippen MR) is 80.4 cm³/mol. The van der Waals surface area contributed by atoms with Gasteiger partial charge in [0.05, 0.1) is 18.3 Å². The highest BCUT2D eigenvalue weighted by molar-refractivity contribution is 5.84. The molecule has 2 rings (SSSR count). The Balaban J connectivity index is 2.00. The zero-order chi connectivity index (χ0) is 14.5. The minimum Gasteiger partial charge on any atom is -0.378 e. The number of hydrogen-bond acceptors (Lipinski definition) is 3. The molecule has 0 spiro atoms. The quantitative estimate of drug-likeness (QED) is 0.780. The molecule has 4 heteroatoms. The summed E-state index contributed by atoms with van der Waals surface area (Å²) in [6.07, 6.45) is 6.90. The molecule has 116 valence electrons. The van der Waals surface area contributed by atoms with E-state index in [1.807, 2.05) is 0 Å². The van der Waals surface area contributed by atoms with Gasteiger partial charge in [-0.3, -0.25) is 10.1 Å². The lowest BCUT2D eigenvalue weighted by molar-refractivity contribution is -0.131. The van der Waals surface area contributed by atoms with E-state index in [4.69, 9.17) is 4.74 Å². The Kier molecular flexibility index (Phi) is 5.85. The molecule has 0 radical (unpaired) electrons. The van der Waals surface area contributed by atoms with Crippen LogP contribution in [0.5, 0.6) is 0 Å². The maximum Gasteiger partial charge on any atom is 0.241 e. The number of amides is 1.